The second kappa shape index (κ2) is 8.57. The number of rotatable bonds is 6. The standard InChI is InChI=1S/C17H18F3N3O4S2/c1-9(2)14(10-4-6-11(7-5-10)28-17(18,19)20)23-15(25)12-8-13(24)22-16(21-12)29(3,26)27/h4-9,14H,1-3H3,(H,23,25)(H,21,22,24). The molecular weight excluding hydrogens is 431 g/mol. The molecule has 1 atom stereocenters. The zero-order valence-corrected chi connectivity index (χ0v) is 17.2. The maximum atomic E-state index is 12.5. The van der Waals surface area contributed by atoms with Crippen LogP contribution in [0.15, 0.2) is 45.2 Å². The second-order valence-electron chi connectivity index (χ2n) is 6.52. The van der Waals surface area contributed by atoms with E-state index in [1.54, 1.807) is 13.8 Å². The van der Waals surface area contributed by atoms with E-state index in [1.807, 2.05) is 4.98 Å². The fourth-order valence-electron chi connectivity index (χ4n) is 2.45. The average molecular weight is 449 g/mol. The molecule has 0 aliphatic rings. The van der Waals surface area contributed by atoms with Gasteiger partial charge in [0.2, 0.25) is 15.0 Å². The van der Waals surface area contributed by atoms with Crippen molar-refractivity contribution in [3.8, 4) is 0 Å². The van der Waals surface area contributed by atoms with Gasteiger partial charge in [0, 0.05) is 17.2 Å². The van der Waals surface area contributed by atoms with E-state index < -0.39 is 38.0 Å². The van der Waals surface area contributed by atoms with Gasteiger partial charge in [0.1, 0.15) is 5.69 Å². The lowest BCUT2D eigenvalue weighted by molar-refractivity contribution is -0.0328. The minimum Gasteiger partial charge on any atom is -0.344 e. The first kappa shape index (κ1) is 22.9. The summed E-state index contributed by atoms with van der Waals surface area (Å²) >= 11 is -0.247. The number of aromatic nitrogens is 2. The van der Waals surface area contributed by atoms with Crippen LogP contribution < -0.4 is 10.9 Å². The number of halogens is 3. The Labute approximate surface area is 169 Å². The van der Waals surface area contributed by atoms with Crippen LogP contribution in [0.3, 0.4) is 0 Å². The number of nitrogens with zero attached hydrogens (tertiary/aromatic N) is 1. The number of nitrogens with one attached hydrogen (secondary N) is 2. The number of carbonyl (C=O) groups is 1. The number of thioether (sulfide) groups is 1. The van der Waals surface area contributed by atoms with Gasteiger partial charge < -0.3 is 5.32 Å². The second-order valence-corrected chi connectivity index (χ2v) is 9.59. The van der Waals surface area contributed by atoms with Crippen LogP contribution in [0.5, 0.6) is 0 Å². The highest BCUT2D eigenvalue weighted by molar-refractivity contribution is 8.00. The lowest BCUT2D eigenvalue weighted by atomic mass is 9.96. The Balaban J connectivity index is 2.28. The summed E-state index contributed by atoms with van der Waals surface area (Å²) in [7, 11) is -3.84. The molecule has 1 heterocycles. The molecule has 2 aromatic rings. The van der Waals surface area contributed by atoms with Crippen molar-refractivity contribution in [2.24, 2.45) is 5.92 Å². The third kappa shape index (κ3) is 6.60. The molecule has 2 N–H and O–H groups in total. The summed E-state index contributed by atoms with van der Waals surface area (Å²) in [5.74, 6) is -0.940. The largest absolute Gasteiger partial charge is 0.446 e. The van der Waals surface area contributed by atoms with Gasteiger partial charge in [0.25, 0.3) is 11.5 Å². The Hall–Kier alpha value is -2.34. The Morgan fingerprint density at radius 2 is 1.79 bits per heavy atom. The molecule has 0 bridgehead atoms. The highest BCUT2D eigenvalue weighted by Gasteiger charge is 2.29. The van der Waals surface area contributed by atoms with Crippen molar-refractivity contribution in [2.75, 3.05) is 6.26 Å². The highest BCUT2D eigenvalue weighted by Crippen LogP contribution is 2.37. The Morgan fingerprint density at radius 1 is 1.21 bits per heavy atom. The van der Waals surface area contributed by atoms with Crippen molar-refractivity contribution in [2.45, 2.75) is 35.4 Å². The molecule has 2 rings (SSSR count). The molecule has 0 fully saturated rings. The van der Waals surface area contributed by atoms with E-state index in [0.717, 1.165) is 12.3 Å². The summed E-state index contributed by atoms with van der Waals surface area (Å²) in [6.07, 6.45) is 0.838. The van der Waals surface area contributed by atoms with Crippen LogP contribution in [0.1, 0.15) is 35.9 Å². The fraction of sp³-hybridized carbons (Fsp3) is 0.353. The number of aromatic amines is 1. The molecule has 158 valence electrons. The molecule has 1 aromatic carbocycles. The average Bonchev–Trinajstić information content (AvgIpc) is 2.57. The summed E-state index contributed by atoms with van der Waals surface area (Å²) in [4.78, 5) is 29.9. The SMILES string of the molecule is CC(C)C(NC(=O)c1cc(=O)[nH]c(S(C)(=O)=O)n1)c1ccc(SC(F)(F)F)cc1. The minimum atomic E-state index is -4.41. The maximum Gasteiger partial charge on any atom is 0.446 e. The molecule has 29 heavy (non-hydrogen) atoms. The zero-order chi connectivity index (χ0) is 22.0. The molecule has 1 aromatic heterocycles. The first-order valence-corrected chi connectivity index (χ1v) is 10.9. The van der Waals surface area contributed by atoms with Crippen LogP contribution in [0.2, 0.25) is 0 Å². The monoisotopic (exact) mass is 449 g/mol. The van der Waals surface area contributed by atoms with Gasteiger partial charge in [-0.05, 0) is 35.4 Å². The predicted molar refractivity (Wildman–Crippen MR) is 101 cm³/mol. The highest BCUT2D eigenvalue weighted by atomic mass is 32.2. The maximum absolute atomic E-state index is 12.5. The third-order valence-corrected chi connectivity index (χ3v) is 5.36. The first-order valence-electron chi connectivity index (χ1n) is 8.24. The summed E-state index contributed by atoms with van der Waals surface area (Å²) in [5, 5.41) is 2.01. The molecular formula is C17H18F3N3O4S2. The van der Waals surface area contributed by atoms with Crippen molar-refractivity contribution in [1.82, 2.24) is 15.3 Å². The lowest BCUT2D eigenvalue weighted by Crippen LogP contribution is -2.33. The smallest absolute Gasteiger partial charge is 0.344 e. The van der Waals surface area contributed by atoms with E-state index in [0.29, 0.717) is 5.56 Å². The Bertz CT molecular complexity index is 1050. The molecule has 1 amide bonds. The van der Waals surface area contributed by atoms with Crippen molar-refractivity contribution in [3.05, 3.63) is 51.9 Å². The van der Waals surface area contributed by atoms with Gasteiger partial charge in [-0.2, -0.15) is 13.2 Å². The van der Waals surface area contributed by atoms with E-state index in [1.165, 1.54) is 24.3 Å². The van der Waals surface area contributed by atoms with E-state index in [2.05, 4.69) is 10.3 Å². The van der Waals surface area contributed by atoms with Crippen molar-refractivity contribution in [1.29, 1.82) is 0 Å². The molecule has 0 saturated carbocycles. The van der Waals surface area contributed by atoms with Gasteiger partial charge >= 0.3 is 5.51 Å². The molecule has 1 unspecified atom stereocenters. The van der Waals surface area contributed by atoms with E-state index in [-0.39, 0.29) is 28.3 Å². The quantitative estimate of drug-likeness (QED) is 0.519. The van der Waals surface area contributed by atoms with Gasteiger partial charge in [-0.25, -0.2) is 13.4 Å². The number of hydrogen-bond acceptors (Lipinski definition) is 6. The number of carbonyl (C=O) groups excluding carboxylic acids is 1. The van der Waals surface area contributed by atoms with E-state index in [9.17, 15) is 31.2 Å². The number of amides is 1. The van der Waals surface area contributed by atoms with Gasteiger partial charge in [-0.3, -0.25) is 14.6 Å². The summed E-state index contributed by atoms with van der Waals surface area (Å²) in [6.45, 7) is 3.58. The zero-order valence-electron chi connectivity index (χ0n) is 15.6. The molecule has 0 saturated heterocycles. The Kier molecular flexibility index (Phi) is 6.78. The van der Waals surface area contributed by atoms with Crippen molar-refractivity contribution in [3.63, 3.8) is 0 Å². The number of alkyl halides is 3. The van der Waals surface area contributed by atoms with Crippen LogP contribution in [0, 0.1) is 5.92 Å². The van der Waals surface area contributed by atoms with Crippen LogP contribution in [0.25, 0.3) is 0 Å². The van der Waals surface area contributed by atoms with E-state index in [4.69, 9.17) is 0 Å². The van der Waals surface area contributed by atoms with Gasteiger partial charge in [0.05, 0.1) is 6.04 Å². The first-order chi connectivity index (χ1) is 13.3. The summed E-state index contributed by atoms with van der Waals surface area (Å²) in [5.41, 5.74) is -5.05. The van der Waals surface area contributed by atoms with Crippen LogP contribution >= 0.6 is 11.8 Å². The number of H-pyrrole nitrogens is 1. The van der Waals surface area contributed by atoms with Crippen molar-refractivity contribution >= 4 is 27.5 Å². The minimum absolute atomic E-state index is 0.00383. The van der Waals surface area contributed by atoms with Crippen LogP contribution in [-0.2, 0) is 9.84 Å². The topological polar surface area (TPSA) is 109 Å². The molecule has 12 heteroatoms. The normalized spacial score (nSPS) is 13.3. The molecule has 0 aliphatic heterocycles. The van der Waals surface area contributed by atoms with Crippen LogP contribution in [-0.4, -0.2) is 36.1 Å². The number of sulfone groups is 1. The molecule has 0 radical (unpaired) electrons. The van der Waals surface area contributed by atoms with Crippen LogP contribution in [0.4, 0.5) is 13.2 Å². The molecule has 0 aliphatic carbocycles. The molecule has 0 spiro atoms. The van der Waals surface area contributed by atoms with E-state index >= 15 is 0 Å². The fourth-order valence-corrected chi connectivity index (χ4v) is 3.54. The molecule has 7 nitrogen and oxygen atoms in total. The number of benzene rings is 1. The van der Waals surface area contributed by atoms with Gasteiger partial charge in [-0.1, -0.05) is 26.0 Å². The van der Waals surface area contributed by atoms with Gasteiger partial charge in [-0.15, -0.1) is 0 Å². The van der Waals surface area contributed by atoms with Gasteiger partial charge in [0.15, 0.2) is 0 Å². The summed E-state index contributed by atoms with van der Waals surface area (Å²) in [6, 6.07) is 5.78. The predicted octanol–water partition coefficient (Wildman–Crippen LogP) is 2.91. The van der Waals surface area contributed by atoms with Crippen molar-refractivity contribution < 1.29 is 26.4 Å². The Morgan fingerprint density at radius 3 is 2.28 bits per heavy atom. The summed E-state index contributed by atoms with van der Waals surface area (Å²) < 4.78 is 60.6. The third-order valence-electron chi connectivity index (χ3n) is 3.73. The number of hydrogen-bond donors (Lipinski definition) is 2. The lowest BCUT2D eigenvalue weighted by Gasteiger charge is -2.23.